The summed E-state index contributed by atoms with van der Waals surface area (Å²) in [5, 5.41) is 4.58. The van der Waals surface area contributed by atoms with E-state index in [1.54, 1.807) is 36.4 Å². The van der Waals surface area contributed by atoms with Crippen molar-refractivity contribution < 1.29 is 13.2 Å². The van der Waals surface area contributed by atoms with Crippen LogP contribution in [0.4, 0.5) is 0 Å². The maximum absolute atomic E-state index is 13.2. The third-order valence-corrected chi connectivity index (χ3v) is 7.34. The van der Waals surface area contributed by atoms with Crippen LogP contribution < -0.4 is 4.74 Å². The molecule has 0 saturated carbocycles. The van der Waals surface area contributed by atoms with E-state index in [1.165, 1.54) is 12.7 Å². The number of hydrogen-bond acceptors (Lipinski definition) is 5. The number of sulfone groups is 1. The zero-order valence-electron chi connectivity index (χ0n) is 17.0. The summed E-state index contributed by atoms with van der Waals surface area (Å²) in [6.07, 6.45) is 3.28. The Kier molecular flexibility index (Phi) is 4.82. The van der Waals surface area contributed by atoms with Crippen molar-refractivity contribution in [2.24, 2.45) is 0 Å². The molecule has 0 amide bonds. The van der Waals surface area contributed by atoms with Gasteiger partial charge in [0, 0.05) is 11.3 Å². The first-order valence-corrected chi connectivity index (χ1v) is 11.5. The van der Waals surface area contributed by atoms with Crippen molar-refractivity contribution in [3.63, 3.8) is 0 Å². The Balaban J connectivity index is 1.58. The van der Waals surface area contributed by atoms with Gasteiger partial charge in [-0.1, -0.05) is 48.5 Å². The lowest BCUT2D eigenvalue weighted by molar-refractivity contribution is 0.385. The van der Waals surface area contributed by atoms with Crippen molar-refractivity contribution in [3.8, 4) is 17.1 Å². The van der Waals surface area contributed by atoms with Gasteiger partial charge in [0.25, 0.3) is 0 Å². The van der Waals surface area contributed by atoms with Crippen LogP contribution in [0.15, 0.2) is 82.7 Å². The van der Waals surface area contributed by atoms with E-state index in [4.69, 9.17) is 4.74 Å². The number of benzene rings is 2. The van der Waals surface area contributed by atoms with Gasteiger partial charge in [0.15, 0.2) is 0 Å². The molecule has 6 nitrogen and oxygen atoms in total. The number of nitrogens with zero attached hydrogens (tertiary/aromatic N) is 3. The molecule has 0 spiro atoms. The fourth-order valence-corrected chi connectivity index (χ4v) is 5.45. The Morgan fingerprint density at radius 1 is 1.00 bits per heavy atom. The van der Waals surface area contributed by atoms with Crippen LogP contribution >= 0.6 is 0 Å². The minimum atomic E-state index is -3.74. The van der Waals surface area contributed by atoms with Crippen LogP contribution in [0, 0.1) is 0 Å². The molecule has 2 aromatic heterocycles. The van der Waals surface area contributed by atoms with Gasteiger partial charge in [-0.05, 0) is 42.2 Å². The molecular formula is C24H21N3O3S. The van der Waals surface area contributed by atoms with Crippen LogP contribution in [-0.2, 0) is 29.2 Å². The quantitative estimate of drug-likeness (QED) is 0.479. The first-order chi connectivity index (χ1) is 15.1. The number of methoxy groups -OCH3 is 1. The molecule has 0 bridgehead atoms. The number of ether oxygens (including phenoxy) is 1. The van der Waals surface area contributed by atoms with Gasteiger partial charge in [-0.15, -0.1) is 0 Å². The maximum atomic E-state index is 13.2. The second-order valence-electron chi connectivity index (χ2n) is 7.47. The van der Waals surface area contributed by atoms with Crippen molar-refractivity contribution in [1.82, 2.24) is 14.8 Å². The predicted molar refractivity (Wildman–Crippen MR) is 117 cm³/mol. The first-order valence-electron chi connectivity index (χ1n) is 10.0. The second-order valence-corrected chi connectivity index (χ2v) is 9.39. The van der Waals surface area contributed by atoms with E-state index in [9.17, 15) is 8.42 Å². The molecule has 1 aliphatic carbocycles. The van der Waals surface area contributed by atoms with Gasteiger partial charge < -0.3 is 4.74 Å². The van der Waals surface area contributed by atoms with E-state index >= 15 is 0 Å². The Bertz CT molecular complexity index is 1350. The molecule has 0 radical (unpaired) electrons. The fraction of sp³-hybridized carbons (Fsp3) is 0.167. The average Bonchev–Trinajstić information content (AvgIpc) is 3.22. The van der Waals surface area contributed by atoms with Crippen LogP contribution in [0.25, 0.3) is 11.3 Å². The lowest BCUT2D eigenvalue weighted by atomic mass is 9.94. The second kappa shape index (κ2) is 7.67. The highest BCUT2D eigenvalue weighted by molar-refractivity contribution is 7.91. The molecule has 0 atom stereocenters. The molecule has 1 aliphatic rings. The highest BCUT2D eigenvalue weighted by atomic mass is 32.2. The molecule has 31 heavy (non-hydrogen) atoms. The van der Waals surface area contributed by atoms with Crippen molar-refractivity contribution in [2.75, 3.05) is 7.11 Å². The zero-order valence-corrected chi connectivity index (χ0v) is 17.8. The molecule has 4 aromatic rings. The van der Waals surface area contributed by atoms with E-state index in [1.807, 2.05) is 29.1 Å². The minimum Gasteiger partial charge on any atom is -0.480 e. The first kappa shape index (κ1) is 19.5. The summed E-state index contributed by atoms with van der Waals surface area (Å²) >= 11 is 0. The highest BCUT2D eigenvalue weighted by Crippen LogP contribution is 2.38. The summed E-state index contributed by atoms with van der Waals surface area (Å²) < 4.78 is 33.8. The fourth-order valence-electron chi connectivity index (χ4n) is 4.02. The summed E-state index contributed by atoms with van der Waals surface area (Å²) in [6, 6.07) is 20.3. The third-order valence-electron chi connectivity index (χ3n) is 5.58. The van der Waals surface area contributed by atoms with Crippen molar-refractivity contribution in [3.05, 3.63) is 89.7 Å². The molecule has 0 N–H and O–H groups in total. The van der Waals surface area contributed by atoms with Gasteiger partial charge in [-0.3, -0.25) is 4.68 Å². The molecule has 2 heterocycles. The van der Waals surface area contributed by atoms with E-state index < -0.39 is 9.84 Å². The summed E-state index contributed by atoms with van der Waals surface area (Å²) in [6.45, 7) is 0.684. The van der Waals surface area contributed by atoms with Gasteiger partial charge >= 0.3 is 0 Å². The Hall–Kier alpha value is -3.45. The Morgan fingerprint density at radius 2 is 1.71 bits per heavy atom. The smallest absolute Gasteiger partial charge is 0.233 e. The number of rotatable bonds is 5. The molecule has 0 unspecified atom stereocenters. The van der Waals surface area contributed by atoms with Gasteiger partial charge in [0.2, 0.25) is 15.7 Å². The lowest BCUT2D eigenvalue weighted by Gasteiger charge is -2.20. The van der Waals surface area contributed by atoms with Crippen molar-refractivity contribution in [1.29, 1.82) is 0 Å². The molecule has 156 valence electrons. The Morgan fingerprint density at radius 3 is 2.42 bits per heavy atom. The highest BCUT2D eigenvalue weighted by Gasteiger charge is 2.29. The molecular weight excluding hydrogens is 410 g/mol. The average molecular weight is 432 g/mol. The molecule has 5 rings (SSSR count). The van der Waals surface area contributed by atoms with E-state index in [2.05, 4.69) is 22.2 Å². The third kappa shape index (κ3) is 3.41. The maximum Gasteiger partial charge on any atom is 0.233 e. The molecule has 7 heteroatoms. The largest absolute Gasteiger partial charge is 0.480 e. The van der Waals surface area contributed by atoms with Crippen molar-refractivity contribution in [2.45, 2.75) is 29.2 Å². The predicted octanol–water partition coefficient (Wildman–Crippen LogP) is 3.93. The standard InChI is InChI=1S/C24H21N3O3S/c1-30-24-22(31(28,29)19-10-6-3-7-11-19)14-18-12-13-21-20(23(18)26-24)15-25-27(21)16-17-8-4-2-5-9-17/h2-11,14-15H,12-13,16H2,1H3. The lowest BCUT2D eigenvalue weighted by Crippen LogP contribution is -2.14. The van der Waals surface area contributed by atoms with Gasteiger partial charge in [0.05, 0.1) is 30.4 Å². The van der Waals surface area contributed by atoms with Crippen LogP contribution in [0.3, 0.4) is 0 Å². The number of fused-ring (bicyclic) bond motifs is 3. The van der Waals surface area contributed by atoms with Gasteiger partial charge in [-0.2, -0.15) is 5.10 Å². The summed E-state index contributed by atoms with van der Waals surface area (Å²) in [4.78, 5) is 4.95. The summed E-state index contributed by atoms with van der Waals surface area (Å²) in [5.41, 5.74) is 4.84. The molecule has 0 fully saturated rings. The van der Waals surface area contributed by atoms with E-state index in [-0.39, 0.29) is 15.7 Å². The minimum absolute atomic E-state index is 0.0973. The monoisotopic (exact) mass is 431 g/mol. The van der Waals surface area contributed by atoms with Gasteiger partial charge in [-0.25, -0.2) is 13.4 Å². The van der Waals surface area contributed by atoms with E-state index in [0.29, 0.717) is 13.0 Å². The summed E-state index contributed by atoms with van der Waals surface area (Å²) in [7, 11) is -2.29. The number of hydrogen-bond donors (Lipinski definition) is 0. The molecule has 2 aromatic carbocycles. The number of aryl methyl sites for hydroxylation is 1. The number of aromatic nitrogens is 3. The zero-order chi connectivity index (χ0) is 21.4. The van der Waals surface area contributed by atoms with Crippen molar-refractivity contribution >= 4 is 9.84 Å². The number of pyridine rings is 1. The Labute approximate surface area is 181 Å². The van der Waals surface area contributed by atoms with E-state index in [0.717, 1.165) is 28.9 Å². The molecule has 0 saturated heterocycles. The van der Waals surface area contributed by atoms with Gasteiger partial charge in [0.1, 0.15) is 4.90 Å². The SMILES string of the molecule is COc1nc2c(cc1S(=O)(=O)c1ccccc1)CCc1c-2cnn1Cc1ccccc1. The summed E-state index contributed by atoms with van der Waals surface area (Å²) in [5.74, 6) is 0.103. The van der Waals surface area contributed by atoms with Crippen LogP contribution in [0.2, 0.25) is 0 Å². The molecule has 0 aliphatic heterocycles. The van der Waals surface area contributed by atoms with Crippen LogP contribution in [0.1, 0.15) is 16.8 Å². The topological polar surface area (TPSA) is 74.1 Å². The normalized spacial score (nSPS) is 12.8. The van der Waals surface area contributed by atoms with Crippen LogP contribution in [0.5, 0.6) is 5.88 Å². The van der Waals surface area contributed by atoms with Crippen LogP contribution in [-0.4, -0.2) is 30.3 Å².